The molecule has 0 saturated carbocycles. The fraction of sp³-hybridized carbons (Fsp3) is 0.133. The van der Waals surface area contributed by atoms with Gasteiger partial charge in [-0.25, -0.2) is 0 Å². The Kier molecular flexibility index (Phi) is 4.60. The molecular weight excluding hydrogens is 309 g/mol. The van der Waals surface area contributed by atoms with E-state index in [0.29, 0.717) is 33.5 Å². The van der Waals surface area contributed by atoms with Crippen LogP contribution in [0, 0.1) is 0 Å². The molecule has 0 bridgehead atoms. The van der Waals surface area contributed by atoms with Crippen LogP contribution >= 0.6 is 23.2 Å². The Bertz CT molecular complexity index is 689. The maximum atomic E-state index is 12.4. The van der Waals surface area contributed by atoms with E-state index in [-0.39, 0.29) is 5.91 Å². The lowest BCUT2D eigenvalue weighted by atomic mass is 10.1. The number of halogens is 2. The van der Waals surface area contributed by atoms with Gasteiger partial charge < -0.3 is 16.4 Å². The van der Waals surface area contributed by atoms with Gasteiger partial charge in [-0.3, -0.25) is 4.79 Å². The number of nitrogen functional groups attached to an aromatic ring is 2. The third-order valence-corrected chi connectivity index (χ3v) is 3.95. The maximum Gasteiger partial charge on any atom is 0.255 e. The van der Waals surface area contributed by atoms with E-state index in [2.05, 4.69) is 0 Å². The first-order valence-corrected chi connectivity index (χ1v) is 6.99. The van der Waals surface area contributed by atoms with E-state index in [1.54, 1.807) is 37.4 Å². The molecule has 6 heteroatoms. The number of anilines is 2. The van der Waals surface area contributed by atoms with Gasteiger partial charge in [-0.05, 0) is 29.8 Å². The molecule has 0 atom stereocenters. The zero-order chi connectivity index (χ0) is 15.6. The Balaban J connectivity index is 2.21. The predicted molar refractivity (Wildman–Crippen MR) is 87.5 cm³/mol. The van der Waals surface area contributed by atoms with Gasteiger partial charge in [0.05, 0.1) is 15.6 Å². The zero-order valence-electron chi connectivity index (χ0n) is 11.4. The van der Waals surface area contributed by atoms with Crippen molar-refractivity contribution in [3.63, 3.8) is 0 Å². The molecule has 0 aliphatic rings. The van der Waals surface area contributed by atoms with Crippen molar-refractivity contribution in [2.24, 2.45) is 0 Å². The minimum absolute atomic E-state index is 0.205. The zero-order valence-corrected chi connectivity index (χ0v) is 12.9. The summed E-state index contributed by atoms with van der Waals surface area (Å²) in [4.78, 5) is 13.9. The highest BCUT2D eigenvalue weighted by molar-refractivity contribution is 6.42. The van der Waals surface area contributed by atoms with E-state index in [4.69, 9.17) is 34.7 Å². The number of nitrogens with zero attached hydrogens (tertiary/aromatic N) is 1. The molecule has 0 unspecified atom stereocenters. The summed E-state index contributed by atoms with van der Waals surface area (Å²) in [5.41, 5.74) is 13.5. The second-order valence-electron chi connectivity index (χ2n) is 4.72. The van der Waals surface area contributed by atoms with Crippen LogP contribution < -0.4 is 11.5 Å². The lowest BCUT2D eigenvalue weighted by Gasteiger charge is -2.19. The summed E-state index contributed by atoms with van der Waals surface area (Å²) in [5, 5.41) is 0.908. The van der Waals surface area contributed by atoms with Crippen molar-refractivity contribution in [2.75, 3.05) is 18.5 Å². The first-order valence-electron chi connectivity index (χ1n) is 6.23. The first kappa shape index (κ1) is 15.5. The molecule has 2 aromatic rings. The number of benzene rings is 2. The molecule has 2 aromatic carbocycles. The molecule has 2 rings (SSSR count). The van der Waals surface area contributed by atoms with Crippen LogP contribution in [0.25, 0.3) is 0 Å². The second kappa shape index (κ2) is 6.24. The van der Waals surface area contributed by atoms with Gasteiger partial charge in [0.25, 0.3) is 5.91 Å². The maximum absolute atomic E-state index is 12.4. The Morgan fingerprint density at radius 3 is 2.57 bits per heavy atom. The number of carbonyl (C=O) groups excluding carboxylic acids is 1. The molecule has 1 amide bonds. The molecule has 0 saturated heterocycles. The van der Waals surface area contributed by atoms with Crippen LogP contribution in [-0.2, 0) is 6.54 Å². The molecule has 110 valence electrons. The summed E-state index contributed by atoms with van der Waals surface area (Å²) in [6, 6.07) is 10.1. The number of amides is 1. The Morgan fingerprint density at radius 2 is 1.90 bits per heavy atom. The van der Waals surface area contributed by atoms with Gasteiger partial charge >= 0.3 is 0 Å². The fourth-order valence-corrected chi connectivity index (χ4v) is 2.36. The third kappa shape index (κ3) is 3.40. The van der Waals surface area contributed by atoms with Gasteiger partial charge in [-0.1, -0.05) is 35.3 Å². The number of hydrogen-bond donors (Lipinski definition) is 2. The smallest absolute Gasteiger partial charge is 0.255 e. The summed E-state index contributed by atoms with van der Waals surface area (Å²) in [6.45, 7) is 0.335. The lowest BCUT2D eigenvalue weighted by Crippen LogP contribution is -2.27. The van der Waals surface area contributed by atoms with Crippen molar-refractivity contribution < 1.29 is 4.79 Å². The van der Waals surface area contributed by atoms with Crippen molar-refractivity contribution in [3.8, 4) is 0 Å². The summed E-state index contributed by atoms with van der Waals surface area (Å²) in [5.74, 6) is -0.205. The standard InChI is InChI=1S/C15H15Cl2N3O/c1-20(8-9-3-2-4-12(16)14(9)17)15(21)11-6-5-10(18)7-13(11)19/h2-7H,8,18-19H2,1H3. The van der Waals surface area contributed by atoms with E-state index < -0.39 is 0 Å². The van der Waals surface area contributed by atoms with Gasteiger partial charge in [0.1, 0.15) is 0 Å². The van der Waals surface area contributed by atoms with E-state index >= 15 is 0 Å². The minimum atomic E-state index is -0.205. The highest BCUT2D eigenvalue weighted by atomic mass is 35.5. The molecule has 0 spiro atoms. The van der Waals surface area contributed by atoms with E-state index in [1.165, 1.54) is 4.90 Å². The van der Waals surface area contributed by atoms with Crippen molar-refractivity contribution >= 4 is 40.5 Å². The van der Waals surface area contributed by atoms with Crippen LogP contribution in [0.2, 0.25) is 10.0 Å². The summed E-state index contributed by atoms with van der Waals surface area (Å²) in [7, 11) is 1.68. The average molecular weight is 324 g/mol. The Labute approximate surface area is 133 Å². The molecule has 0 heterocycles. The highest BCUT2D eigenvalue weighted by Crippen LogP contribution is 2.27. The Hall–Kier alpha value is -1.91. The van der Waals surface area contributed by atoms with Crippen LogP contribution in [-0.4, -0.2) is 17.9 Å². The molecule has 21 heavy (non-hydrogen) atoms. The minimum Gasteiger partial charge on any atom is -0.399 e. The molecular formula is C15H15Cl2N3O. The number of nitrogens with two attached hydrogens (primary N) is 2. The lowest BCUT2D eigenvalue weighted by molar-refractivity contribution is 0.0786. The average Bonchev–Trinajstić information content (AvgIpc) is 2.43. The molecule has 0 aromatic heterocycles. The normalized spacial score (nSPS) is 10.4. The molecule has 0 radical (unpaired) electrons. The van der Waals surface area contributed by atoms with Gasteiger partial charge in [0, 0.05) is 25.0 Å². The second-order valence-corrected chi connectivity index (χ2v) is 5.51. The third-order valence-electron chi connectivity index (χ3n) is 3.09. The molecule has 4 N–H and O–H groups in total. The highest BCUT2D eigenvalue weighted by Gasteiger charge is 2.16. The summed E-state index contributed by atoms with van der Waals surface area (Å²) in [6.07, 6.45) is 0. The predicted octanol–water partition coefficient (Wildman–Crippen LogP) is 3.43. The van der Waals surface area contributed by atoms with Gasteiger partial charge in [-0.2, -0.15) is 0 Å². The number of hydrogen-bond acceptors (Lipinski definition) is 3. The number of rotatable bonds is 3. The number of carbonyl (C=O) groups is 1. The fourth-order valence-electron chi connectivity index (χ4n) is 1.98. The molecule has 0 aliphatic heterocycles. The van der Waals surface area contributed by atoms with Crippen LogP contribution in [0.15, 0.2) is 36.4 Å². The van der Waals surface area contributed by atoms with Crippen LogP contribution in [0.5, 0.6) is 0 Å². The van der Waals surface area contributed by atoms with Crippen molar-refractivity contribution in [1.82, 2.24) is 4.90 Å². The summed E-state index contributed by atoms with van der Waals surface area (Å²) < 4.78 is 0. The van der Waals surface area contributed by atoms with Crippen molar-refractivity contribution in [1.29, 1.82) is 0 Å². The van der Waals surface area contributed by atoms with Crippen molar-refractivity contribution in [2.45, 2.75) is 6.54 Å². The van der Waals surface area contributed by atoms with Gasteiger partial charge in [0.2, 0.25) is 0 Å². The Morgan fingerprint density at radius 1 is 1.19 bits per heavy atom. The van der Waals surface area contributed by atoms with E-state index in [9.17, 15) is 4.79 Å². The van der Waals surface area contributed by atoms with Crippen LogP contribution in [0.1, 0.15) is 15.9 Å². The van der Waals surface area contributed by atoms with Crippen LogP contribution in [0.4, 0.5) is 11.4 Å². The summed E-state index contributed by atoms with van der Waals surface area (Å²) >= 11 is 12.1. The molecule has 4 nitrogen and oxygen atoms in total. The molecule has 0 aliphatic carbocycles. The van der Waals surface area contributed by atoms with E-state index in [0.717, 1.165) is 5.56 Å². The van der Waals surface area contributed by atoms with Crippen molar-refractivity contribution in [3.05, 3.63) is 57.6 Å². The monoisotopic (exact) mass is 323 g/mol. The largest absolute Gasteiger partial charge is 0.399 e. The van der Waals surface area contributed by atoms with Gasteiger partial charge in [0.15, 0.2) is 0 Å². The topological polar surface area (TPSA) is 72.3 Å². The molecule has 0 fully saturated rings. The quantitative estimate of drug-likeness (QED) is 0.850. The van der Waals surface area contributed by atoms with Crippen LogP contribution in [0.3, 0.4) is 0 Å². The first-order chi connectivity index (χ1) is 9.90. The SMILES string of the molecule is CN(Cc1cccc(Cl)c1Cl)C(=O)c1ccc(N)cc1N. The van der Waals surface area contributed by atoms with E-state index in [1.807, 2.05) is 6.07 Å². The van der Waals surface area contributed by atoms with Gasteiger partial charge in [-0.15, -0.1) is 0 Å².